The van der Waals surface area contributed by atoms with Crippen LogP contribution in [-0.2, 0) is 21.0 Å². The zero-order chi connectivity index (χ0) is 23.4. The molecule has 2 aromatic rings. The highest BCUT2D eigenvalue weighted by atomic mass is 32.2. The topological polar surface area (TPSA) is 92.3 Å². The summed E-state index contributed by atoms with van der Waals surface area (Å²) in [5.41, 5.74) is -0.703. The molecule has 0 aliphatic heterocycles. The molecule has 1 N–H and O–H groups in total. The van der Waals surface area contributed by atoms with Crippen molar-refractivity contribution in [3.8, 4) is 0 Å². The minimum atomic E-state index is -4.59. The van der Waals surface area contributed by atoms with Gasteiger partial charge in [-0.05, 0) is 43.2 Å². The largest absolute Gasteiger partial charge is 0.433 e. The molecule has 0 spiro atoms. The van der Waals surface area contributed by atoms with Crippen LogP contribution in [0.4, 0.5) is 18.9 Å². The van der Waals surface area contributed by atoms with Gasteiger partial charge < -0.3 is 5.32 Å². The number of anilines is 1. The lowest BCUT2D eigenvalue weighted by atomic mass is 9.96. The Morgan fingerprint density at radius 1 is 1.16 bits per heavy atom. The van der Waals surface area contributed by atoms with Gasteiger partial charge in [0.05, 0.1) is 10.6 Å². The predicted molar refractivity (Wildman–Crippen MR) is 115 cm³/mol. The van der Waals surface area contributed by atoms with Gasteiger partial charge in [-0.1, -0.05) is 31.0 Å². The molecule has 1 amide bonds. The monoisotopic (exact) mass is 488 g/mol. The maximum Gasteiger partial charge on any atom is 0.433 e. The molecule has 174 valence electrons. The Kier molecular flexibility index (Phi) is 7.78. The molecular weight excluding hydrogens is 465 g/mol. The van der Waals surface area contributed by atoms with Crippen LogP contribution >= 0.6 is 11.8 Å². The molecule has 0 bridgehead atoms. The number of alkyl halides is 3. The van der Waals surface area contributed by atoms with Crippen molar-refractivity contribution >= 4 is 33.4 Å². The second-order valence-electron chi connectivity index (χ2n) is 7.40. The van der Waals surface area contributed by atoms with Crippen LogP contribution < -0.4 is 5.32 Å². The summed E-state index contributed by atoms with van der Waals surface area (Å²) < 4.78 is 65.3. The highest BCUT2D eigenvalue weighted by Crippen LogP contribution is 2.29. The van der Waals surface area contributed by atoms with Gasteiger partial charge in [-0.2, -0.15) is 17.5 Å². The lowest BCUT2D eigenvalue weighted by molar-refractivity contribution is -0.141. The Bertz CT molecular complexity index is 1040. The van der Waals surface area contributed by atoms with Crippen molar-refractivity contribution in [2.24, 2.45) is 0 Å². The van der Waals surface area contributed by atoms with Crippen LogP contribution in [-0.4, -0.2) is 47.4 Å². The van der Waals surface area contributed by atoms with Gasteiger partial charge >= 0.3 is 6.18 Å². The summed E-state index contributed by atoms with van der Waals surface area (Å²) in [4.78, 5) is 19.4. The number of hydrogen-bond donors (Lipinski definition) is 1. The van der Waals surface area contributed by atoms with E-state index in [1.165, 1.54) is 28.6 Å². The fourth-order valence-corrected chi connectivity index (χ4v) is 5.46. The molecule has 1 aromatic heterocycles. The van der Waals surface area contributed by atoms with Crippen molar-refractivity contribution in [2.75, 3.05) is 18.1 Å². The normalized spacial score (nSPS) is 15.7. The third kappa shape index (κ3) is 6.20. The van der Waals surface area contributed by atoms with Gasteiger partial charge in [-0.25, -0.2) is 18.4 Å². The molecule has 1 aliphatic carbocycles. The van der Waals surface area contributed by atoms with Crippen LogP contribution in [0.25, 0.3) is 0 Å². The zero-order valence-corrected chi connectivity index (χ0v) is 18.9. The molecule has 0 atom stereocenters. The molecular formula is C20H23F3N4O3S2. The van der Waals surface area contributed by atoms with Crippen LogP contribution in [0.5, 0.6) is 0 Å². The average molecular weight is 489 g/mol. The summed E-state index contributed by atoms with van der Waals surface area (Å²) in [6.07, 6.45) is 1.23. The van der Waals surface area contributed by atoms with Gasteiger partial charge in [0, 0.05) is 25.0 Å². The van der Waals surface area contributed by atoms with Crippen LogP contribution in [0.1, 0.15) is 37.8 Å². The predicted octanol–water partition coefficient (Wildman–Crippen LogP) is 4.18. The number of benzene rings is 1. The summed E-state index contributed by atoms with van der Waals surface area (Å²) in [7, 11) is -2.05. The van der Waals surface area contributed by atoms with Crippen LogP contribution in [0.15, 0.2) is 46.6 Å². The molecule has 1 aliphatic rings. The number of nitrogens with zero attached hydrogens (tertiary/aromatic N) is 3. The standard InChI is InChI=1S/C20H23F3N4O3S2/c1-27(15-5-3-2-4-6-15)32(29,30)16-9-7-14(8-10-16)25-18(28)13-31-19-24-12-11-17(26-19)20(21,22)23/h7-12,15H,2-6,13H2,1H3,(H,25,28). The lowest BCUT2D eigenvalue weighted by Gasteiger charge is -2.30. The van der Waals surface area contributed by atoms with E-state index in [0.29, 0.717) is 5.69 Å². The van der Waals surface area contributed by atoms with Gasteiger partial charge in [-0.15, -0.1) is 0 Å². The average Bonchev–Trinajstić information content (AvgIpc) is 2.78. The van der Waals surface area contributed by atoms with Crippen molar-refractivity contribution in [3.05, 3.63) is 42.2 Å². The van der Waals surface area contributed by atoms with Gasteiger partial charge in [-0.3, -0.25) is 4.79 Å². The molecule has 1 heterocycles. The molecule has 1 fully saturated rings. The molecule has 0 unspecified atom stereocenters. The number of thioether (sulfide) groups is 1. The number of aromatic nitrogens is 2. The Labute approximate surface area is 188 Å². The van der Waals surface area contributed by atoms with E-state index in [0.717, 1.165) is 56.1 Å². The van der Waals surface area contributed by atoms with Gasteiger partial charge in [0.2, 0.25) is 15.9 Å². The van der Waals surface area contributed by atoms with E-state index in [1.807, 2.05) is 0 Å². The Hall–Kier alpha value is -2.18. The quantitative estimate of drug-likeness (QED) is 0.464. The molecule has 0 radical (unpaired) electrons. The molecule has 1 saturated carbocycles. The SMILES string of the molecule is CN(C1CCCCC1)S(=O)(=O)c1ccc(NC(=O)CSc2nccc(C(F)(F)F)n2)cc1. The minimum Gasteiger partial charge on any atom is -0.325 e. The number of sulfonamides is 1. The van der Waals surface area contributed by atoms with Crippen molar-refractivity contribution in [1.29, 1.82) is 0 Å². The molecule has 12 heteroatoms. The van der Waals surface area contributed by atoms with Gasteiger partial charge in [0.1, 0.15) is 5.69 Å². The number of rotatable bonds is 7. The zero-order valence-electron chi connectivity index (χ0n) is 17.3. The molecule has 7 nitrogen and oxygen atoms in total. The highest BCUT2D eigenvalue weighted by molar-refractivity contribution is 7.99. The number of carbonyl (C=O) groups is 1. The van der Waals surface area contributed by atoms with E-state index in [2.05, 4.69) is 15.3 Å². The summed E-state index contributed by atoms with van der Waals surface area (Å²) >= 11 is 0.768. The number of hydrogen-bond acceptors (Lipinski definition) is 6. The lowest BCUT2D eigenvalue weighted by Crippen LogP contribution is -2.38. The number of nitrogens with one attached hydrogen (secondary N) is 1. The molecule has 32 heavy (non-hydrogen) atoms. The third-order valence-electron chi connectivity index (χ3n) is 5.16. The molecule has 3 rings (SSSR count). The van der Waals surface area contributed by atoms with Crippen molar-refractivity contribution < 1.29 is 26.4 Å². The van der Waals surface area contributed by atoms with Crippen LogP contribution in [0.3, 0.4) is 0 Å². The summed E-state index contributed by atoms with van der Waals surface area (Å²) in [6, 6.07) is 6.55. The Morgan fingerprint density at radius 2 is 1.81 bits per heavy atom. The van der Waals surface area contributed by atoms with E-state index in [1.54, 1.807) is 7.05 Å². The van der Waals surface area contributed by atoms with E-state index >= 15 is 0 Å². The fourth-order valence-electron chi connectivity index (χ4n) is 3.41. The second kappa shape index (κ2) is 10.2. The second-order valence-corrected chi connectivity index (χ2v) is 10.3. The first-order valence-corrected chi connectivity index (χ1v) is 12.4. The summed E-state index contributed by atoms with van der Waals surface area (Å²) in [5.74, 6) is -0.683. The summed E-state index contributed by atoms with van der Waals surface area (Å²) in [6.45, 7) is 0. The highest BCUT2D eigenvalue weighted by Gasteiger charge is 2.33. The van der Waals surface area contributed by atoms with Crippen molar-refractivity contribution in [3.63, 3.8) is 0 Å². The number of carbonyl (C=O) groups excluding carboxylic acids is 1. The molecule has 0 saturated heterocycles. The first-order chi connectivity index (χ1) is 15.1. The van der Waals surface area contributed by atoms with E-state index in [-0.39, 0.29) is 21.8 Å². The van der Waals surface area contributed by atoms with Gasteiger partial charge in [0.25, 0.3) is 0 Å². The van der Waals surface area contributed by atoms with Crippen molar-refractivity contribution in [2.45, 2.75) is 54.4 Å². The van der Waals surface area contributed by atoms with E-state index < -0.39 is 27.8 Å². The van der Waals surface area contributed by atoms with E-state index in [4.69, 9.17) is 0 Å². The first-order valence-electron chi connectivity index (χ1n) is 9.98. The van der Waals surface area contributed by atoms with Crippen LogP contribution in [0, 0.1) is 0 Å². The van der Waals surface area contributed by atoms with E-state index in [9.17, 15) is 26.4 Å². The van der Waals surface area contributed by atoms with Crippen molar-refractivity contribution in [1.82, 2.24) is 14.3 Å². The number of halogens is 3. The summed E-state index contributed by atoms with van der Waals surface area (Å²) in [5, 5.41) is 2.42. The maximum atomic E-state index is 12.9. The number of amides is 1. The Morgan fingerprint density at radius 3 is 2.44 bits per heavy atom. The van der Waals surface area contributed by atoms with Crippen LogP contribution in [0.2, 0.25) is 0 Å². The maximum absolute atomic E-state index is 12.9. The van der Waals surface area contributed by atoms with Gasteiger partial charge in [0.15, 0.2) is 5.16 Å². The molecule has 1 aromatic carbocycles. The fraction of sp³-hybridized carbons (Fsp3) is 0.450. The smallest absolute Gasteiger partial charge is 0.325 e. The third-order valence-corrected chi connectivity index (χ3v) is 7.95. The Balaban J connectivity index is 1.57. The minimum absolute atomic E-state index is 0.0109. The first kappa shape index (κ1) is 24.5.